The summed E-state index contributed by atoms with van der Waals surface area (Å²) in [4.78, 5) is 2.28. The Morgan fingerprint density at radius 3 is 2.18 bits per heavy atom. The Morgan fingerprint density at radius 2 is 1.54 bits per heavy atom. The third kappa shape index (κ3) is 2.84. The number of rotatable bonds is 1. The van der Waals surface area contributed by atoms with Crippen molar-refractivity contribution in [3.8, 4) is 11.5 Å². The molecule has 28 heavy (non-hydrogen) atoms. The van der Waals surface area contributed by atoms with E-state index in [1.165, 1.54) is 22.4 Å². The summed E-state index contributed by atoms with van der Waals surface area (Å²) in [5, 5.41) is 8.43. The van der Waals surface area contributed by atoms with Crippen LogP contribution >= 0.6 is 0 Å². The number of ether oxygens (including phenoxy) is 1. The van der Waals surface area contributed by atoms with Crippen LogP contribution in [0.4, 0.5) is 17.1 Å². The second-order valence-electron chi connectivity index (χ2n) is 8.71. The SMILES string of the molecule is Cc1cccc2c1Oc1c(cnnc1C)N2c1c(C)cc(C(C)(C)C)cc1C. The van der Waals surface area contributed by atoms with Crippen molar-refractivity contribution in [3.63, 3.8) is 0 Å². The van der Waals surface area contributed by atoms with Gasteiger partial charge in [-0.1, -0.05) is 45.0 Å². The van der Waals surface area contributed by atoms with E-state index in [4.69, 9.17) is 4.74 Å². The summed E-state index contributed by atoms with van der Waals surface area (Å²) in [5.41, 5.74) is 8.96. The summed E-state index contributed by atoms with van der Waals surface area (Å²) in [7, 11) is 0. The van der Waals surface area contributed by atoms with E-state index in [2.05, 4.69) is 87.0 Å². The fourth-order valence-corrected chi connectivity index (χ4v) is 3.91. The standard InChI is InChI=1S/C24H27N3O/c1-14-9-8-10-19-22(14)28-23-17(4)26-25-13-20(23)27(19)21-15(2)11-18(12-16(21)3)24(5,6)7/h8-13H,1-7H3. The molecule has 0 bridgehead atoms. The predicted molar refractivity (Wildman–Crippen MR) is 114 cm³/mol. The van der Waals surface area contributed by atoms with Crippen LogP contribution in [0, 0.1) is 27.7 Å². The molecule has 4 nitrogen and oxygen atoms in total. The number of para-hydroxylation sites is 1. The molecule has 2 heterocycles. The van der Waals surface area contributed by atoms with Crippen LogP contribution in [0.15, 0.2) is 36.5 Å². The van der Waals surface area contributed by atoms with E-state index in [0.717, 1.165) is 34.1 Å². The van der Waals surface area contributed by atoms with Crippen molar-refractivity contribution in [3.05, 3.63) is 64.5 Å². The van der Waals surface area contributed by atoms with E-state index in [9.17, 15) is 0 Å². The minimum Gasteiger partial charge on any atom is -0.451 e. The van der Waals surface area contributed by atoms with Gasteiger partial charge in [-0.3, -0.25) is 0 Å². The predicted octanol–water partition coefficient (Wildman–Crippen LogP) is 6.58. The Morgan fingerprint density at radius 1 is 0.857 bits per heavy atom. The van der Waals surface area contributed by atoms with Gasteiger partial charge in [0.2, 0.25) is 0 Å². The summed E-state index contributed by atoms with van der Waals surface area (Å²) in [5.74, 6) is 1.65. The Hall–Kier alpha value is -2.88. The van der Waals surface area contributed by atoms with Crippen molar-refractivity contribution in [2.75, 3.05) is 4.90 Å². The van der Waals surface area contributed by atoms with Crippen LogP contribution in [0.3, 0.4) is 0 Å². The lowest BCUT2D eigenvalue weighted by atomic mass is 9.84. The lowest BCUT2D eigenvalue weighted by Gasteiger charge is -2.36. The number of nitrogens with zero attached hydrogens (tertiary/aromatic N) is 3. The minimum atomic E-state index is 0.105. The molecule has 2 aromatic carbocycles. The van der Waals surface area contributed by atoms with Gasteiger partial charge in [-0.2, -0.15) is 10.2 Å². The molecule has 0 radical (unpaired) electrons. The normalized spacial score (nSPS) is 13.0. The van der Waals surface area contributed by atoms with E-state index in [1.54, 1.807) is 6.20 Å². The van der Waals surface area contributed by atoms with Crippen molar-refractivity contribution in [2.24, 2.45) is 0 Å². The van der Waals surface area contributed by atoms with Gasteiger partial charge in [0.05, 0.1) is 17.6 Å². The molecule has 0 saturated heterocycles. The fourth-order valence-electron chi connectivity index (χ4n) is 3.91. The molecule has 1 aliphatic rings. The molecule has 0 amide bonds. The smallest absolute Gasteiger partial charge is 0.176 e. The molecule has 0 saturated carbocycles. The Kier molecular flexibility index (Phi) is 4.18. The van der Waals surface area contributed by atoms with E-state index in [0.29, 0.717) is 0 Å². The van der Waals surface area contributed by atoms with Crippen molar-refractivity contribution >= 4 is 17.1 Å². The topological polar surface area (TPSA) is 38.3 Å². The van der Waals surface area contributed by atoms with Gasteiger partial charge in [0.25, 0.3) is 0 Å². The monoisotopic (exact) mass is 373 g/mol. The number of anilines is 3. The fraction of sp³-hybridized carbons (Fsp3) is 0.333. The summed E-state index contributed by atoms with van der Waals surface area (Å²) in [6.07, 6.45) is 1.80. The average molecular weight is 374 g/mol. The van der Waals surface area contributed by atoms with Crippen LogP contribution in [-0.2, 0) is 5.41 Å². The number of benzene rings is 2. The van der Waals surface area contributed by atoms with Crippen LogP contribution in [0.25, 0.3) is 0 Å². The lowest BCUT2D eigenvalue weighted by Crippen LogP contribution is -2.20. The van der Waals surface area contributed by atoms with Crippen LogP contribution in [0.5, 0.6) is 11.5 Å². The maximum absolute atomic E-state index is 6.30. The minimum absolute atomic E-state index is 0.105. The highest BCUT2D eigenvalue weighted by molar-refractivity contribution is 5.89. The van der Waals surface area contributed by atoms with Crippen LogP contribution in [0.2, 0.25) is 0 Å². The van der Waals surface area contributed by atoms with Crippen LogP contribution < -0.4 is 9.64 Å². The Bertz CT molecular complexity index is 1010. The number of hydrogen-bond acceptors (Lipinski definition) is 4. The molecule has 0 atom stereocenters. The van der Waals surface area contributed by atoms with E-state index < -0.39 is 0 Å². The zero-order valence-corrected chi connectivity index (χ0v) is 17.7. The molecule has 4 heteroatoms. The molecule has 1 aliphatic heterocycles. The number of hydrogen-bond donors (Lipinski definition) is 0. The maximum atomic E-state index is 6.30. The third-order valence-electron chi connectivity index (χ3n) is 5.41. The first-order valence-electron chi connectivity index (χ1n) is 9.70. The Balaban J connectivity index is 2.02. The highest BCUT2D eigenvalue weighted by Crippen LogP contribution is 2.53. The van der Waals surface area contributed by atoms with Gasteiger partial charge >= 0.3 is 0 Å². The Labute approximate surface area is 167 Å². The first kappa shape index (κ1) is 18.5. The van der Waals surface area contributed by atoms with Crippen LogP contribution in [0.1, 0.15) is 48.7 Å². The molecule has 1 aromatic heterocycles. The molecule has 144 valence electrons. The van der Waals surface area contributed by atoms with Crippen molar-refractivity contribution < 1.29 is 4.74 Å². The molecular weight excluding hydrogens is 346 g/mol. The first-order chi connectivity index (χ1) is 13.2. The summed E-state index contributed by atoms with van der Waals surface area (Å²) < 4.78 is 6.30. The zero-order valence-electron chi connectivity index (χ0n) is 17.7. The number of fused-ring (bicyclic) bond motifs is 2. The highest BCUT2D eigenvalue weighted by Gasteiger charge is 2.31. The third-order valence-corrected chi connectivity index (χ3v) is 5.41. The average Bonchev–Trinajstić information content (AvgIpc) is 2.61. The van der Waals surface area contributed by atoms with Gasteiger partial charge in [0.15, 0.2) is 11.5 Å². The van der Waals surface area contributed by atoms with Gasteiger partial charge in [-0.15, -0.1) is 0 Å². The van der Waals surface area contributed by atoms with Gasteiger partial charge < -0.3 is 9.64 Å². The summed E-state index contributed by atoms with van der Waals surface area (Å²) >= 11 is 0. The molecular formula is C24H27N3O. The molecule has 0 aliphatic carbocycles. The van der Waals surface area contributed by atoms with Crippen LogP contribution in [-0.4, -0.2) is 10.2 Å². The van der Waals surface area contributed by atoms with E-state index >= 15 is 0 Å². The molecule has 0 fully saturated rings. The van der Waals surface area contributed by atoms with Gasteiger partial charge in [0.1, 0.15) is 11.4 Å². The molecule has 4 rings (SSSR count). The molecule has 0 N–H and O–H groups in total. The quantitative estimate of drug-likeness (QED) is 0.377. The van der Waals surface area contributed by atoms with Gasteiger partial charge in [-0.05, 0) is 61.4 Å². The second kappa shape index (κ2) is 6.33. The van der Waals surface area contributed by atoms with E-state index in [1.807, 2.05) is 6.92 Å². The van der Waals surface area contributed by atoms with Crippen molar-refractivity contribution in [2.45, 2.75) is 53.9 Å². The molecule has 3 aromatic rings. The molecule has 0 spiro atoms. The maximum Gasteiger partial charge on any atom is 0.176 e. The molecule has 0 unspecified atom stereocenters. The highest BCUT2D eigenvalue weighted by atomic mass is 16.5. The van der Waals surface area contributed by atoms with Crippen molar-refractivity contribution in [1.82, 2.24) is 10.2 Å². The van der Waals surface area contributed by atoms with Crippen molar-refractivity contribution in [1.29, 1.82) is 0 Å². The number of aromatic nitrogens is 2. The van der Waals surface area contributed by atoms with Gasteiger partial charge in [0, 0.05) is 0 Å². The van der Waals surface area contributed by atoms with Gasteiger partial charge in [-0.25, -0.2) is 0 Å². The summed E-state index contributed by atoms with van der Waals surface area (Å²) in [6.45, 7) is 15.1. The lowest BCUT2D eigenvalue weighted by molar-refractivity contribution is 0.464. The zero-order chi connectivity index (χ0) is 20.2. The first-order valence-corrected chi connectivity index (χ1v) is 9.70. The summed E-state index contributed by atoms with van der Waals surface area (Å²) in [6, 6.07) is 10.9. The van der Waals surface area contributed by atoms with E-state index in [-0.39, 0.29) is 5.41 Å². The number of aryl methyl sites for hydroxylation is 4. The second-order valence-corrected chi connectivity index (χ2v) is 8.71. The largest absolute Gasteiger partial charge is 0.451 e.